The minimum atomic E-state index is 0.168. The Balaban J connectivity index is 1.62. The summed E-state index contributed by atoms with van der Waals surface area (Å²) >= 11 is 0. The van der Waals surface area contributed by atoms with Crippen LogP contribution in [-0.4, -0.2) is 27.1 Å². The van der Waals surface area contributed by atoms with Gasteiger partial charge in [-0.15, -0.1) is 0 Å². The lowest BCUT2D eigenvalue weighted by atomic mass is 10.0. The molecule has 1 aromatic heterocycles. The van der Waals surface area contributed by atoms with Crippen LogP contribution in [0.25, 0.3) is 0 Å². The van der Waals surface area contributed by atoms with Gasteiger partial charge < -0.3 is 9.64 Å². The van der Waals surface area contributed by atoms with Crippen molar-refractivity contribution < 1.29 is 9.53 Å². The van der Waals surface area contributed by atoms with Crippen molar-refractivity contribution in [3.63, 3.8) is 0 Å². The predicted molar refractivity (Wildman–Crippen MR) is 124 cm³/mol. The molecule has 0 aliphatic carbocycles. The lowest BCUT2D eigenvalue weighted by molar-refractivity contribution is -0.131. The zero-order chi connectivity index (χ0) is 22.4. The van der Waals surface area contributed by atoms with Crippen LogP contribution in [0.1, 0.15) is 46.7 Å². The first kappa shape index (κ1) is 22.6. The van der Waals surface area contributed by atoms with Crippen molar-refractivity contribution in [1.29, 1.82) is 0 Å². The number of aromatic nitrogens is 2. The van der Waals surface area contributed by atoms with Crippen LogP contribution in [0.4, 0.5) is 0 Å². The number of carbonyl (C=O) groups excluding carboxylic acids is 1. The first-order valence-corrected chi connectivity index (χ1v) is 10.9. The van der Waals surface area contributed by atoms with Crippen molar-refractivity contribution in [3.8, 4) is 5.75 Å². The van der Waals surface area contributed by atoms with Crippen LogP contribution in [-0.2, 0) is 31.4 Å². The highest BCUT2D eigenvalue weighted by Crippen LogP contribution is 2.26. The molecule has 3 aromatic rings. The predicted octanol–water partition coefficient (Wildman–Crippen LogP) is 4.91. The van der Waals surface area contributed by atoms with E-state index in [1.165, 1.54) is 11.1 Å². The van der Waals surface area contributed by atoms with Crippen LogP contribution in [0.15, 0.2) is 48.8 Å². The van der Waals surface area contributed by atoms with E-state index in [9.17, 15) is 4.79 Å². The first-order chi connectivity index (χ1) is 14.9. The Kier molecular flexibility index (Phi) is 7.50. The fourth-order valence-corrected chi connectivity index (χ4v) is 3.92. The van der Waals surface area contributed by atoms with Crippen LogP contribution >= 0.6 is 0 Å². The summed E-state index contributed by atoms with van der Waals surface area (Å²) in [5.41, 5.74) is 6.82. The lowest BCUT2D eigenvalue weighted by Gasteiger charge is -2.22. The fourth-order valence-electron chi connectivity index (χ4n) is 3.92. The maximum absolute atomic E-state index is 12.8. The third kappa shape index (κ3) is 6.20. The normalized spacial score (nSPS) is 10.9. The maximum atomic E-state index is 12.8. The summed E-state index contributed by atoms with van der Waals surface area (Å²) in [7, 11) is 1.89. The Labute approximate surface area is 185 Å². The van der Waals surface area contributed by atoms with Gasteiger partial charge in [0, 0.05) is 32.8 Å². The molecule has 164 valence electrons. The number of benzene rings is 2. The molecule has 0 radical (unpaired) electrons. The Morgan fingerprint density at radius 1 is 1.06 bits per heavy atom. The van der Waals surface area contributed by atoms with E-state index in [0.29, 0.717) is 32.5 Å². The summed E-state index contributed by atoms with van der Waals surface area (Å²) in [6.07, 6.45) is 5.00. The Morgan fingerprint density at radius 2 is 1.81 bits per heavy atom. The van der Waals surface area contributed by atoms with Crippen molar-refractivity contribution in [3.05, 3.63) is 82.2 Å². The molecule has 31 heavy (non-hydrogen) atoms. The van der Waals surface area contributed by atoms with Gasteiger partial charge in [0.2, 0.25) is 5.91 Å². The molecule has 2 aromatic carbocycles. The average Bonchev–Trinajstić information content (AvgIpc) is 3.15. The number of nitrogens with zero attached hydrogens (tertiary/aromatic N) is 3. The number of carbonyl (C=O) groups is 1. The molecule has 1 amide bonds. The molecule has 0 bridgehead atoms. The van der Waals surface area contributed by atoms with E-state index < -0.39 is 0 Å². The number of ether oxygens (including phenoxy) is 1. The zero-order valence-electron chi connectivity index (χ0n) is 19.3. The Morgan fingerprint density at radius 3 is 2.42 bits per heavy atom. The molecular weight excluding hydrogens is 386 g/mol. The van der Waals surface area contributed by atoms with Gasteiger partial charge >= 0.3 is 0 Å². The first-order valence-electron chi connectivity index (χ1n) is 10.9. The van der Waals surface area contributed by atoms with Gasteiger partial charge in [-0.05, 0) is 61.9 Å². The second-order valence-corrected chi connectivity index (χ2v) is 8.27. The van der Waals surface area contributed by atoms with E-state index in [4.69, 9.17) is 4.74 Å². The monoisotopic (exact) mass is 419 g/mol. The minimum absolute atomic E-state index is 0.168. The van der Waals surface area contributed by atoms with Gasteiger partial charge in [-0.25, -0.2) is 0 Å². The molecule has 0 aliphatic heterocycles. The SMILES string of the molecule is CCN(Cc1cc(C)c(OCc2cccc(C)c2)c(C)c1)C(=O)CCc1cnn(C)c1. The van der Waals surface area contributed by atoms with Crippen molar-refractivity contribution in [2.24, 2.45) is 7.05 Å². The largest absolute Gasteiger partial charge is 0.488 e. The zero-order valence-corrected chi connectivity index (χ0v) is 19.3. The molecular formula is C26H33N3O2. The Hall–Kier alpha value is -3.08. The van der Waals surface area contributed by atoms with Crippen molar-refractivity contribution in [2.75, 3.05) is 6.54 Å². The van der Waals surface area contributed by atoms with Crippen molar-refractivity contribution in [2.45, 2.75) is 53.7 Å². The van der Waals surface area contributed by atoms with Gasteiger partial charge in [-0.2, -0.15) is 5.10 Å². The smallest absolute Gasteiger partial charge is 0.223 e. The molecule has 0 unspecified atom stereocenters. The van der Waals surface area contributed by atoms with Crippen LogP contribution in [0.3, 0.4) is 0 Å². The molecule has 0 aliphatic rings. The maximum Gasteiger partial charge on any atom is 0.223 e. The number of rotatable bonds is 9. The molecule has 0 atom stereocenters. The fraction of sp³-hybridized carbons (Fsp3) is 0.385. The van der Waals surface area contributed by atoms with E-state index >= 15 is 0 Å². The highest BCUT2D eigenvalue weighted by Gasteiger charge is 2.15. The van der Waals surface area contributed by atoms with E-state index in [0.717, 1.165) is 28.0 Å². The molecule has 1 heterocycles. The summed E-state index contributed by atoms with van der Waals surface area (Å²) < 4.78 is 7.91. The molecule has 0 saturated carbocycles. The van der Waals surface area contributed by atoms with Gasteiger partial charge in [-0.3, -0.25) is 9.48 Å². The quantitative estimate of drug-likeness (QED) is 0.495. The summed E-state index contributed by atoms with van der Waals surface area (Å²) in [6.45, 7) is 10.1. The molecule has 3 rings (SSSR count). The minimum Gasteiger partial charge on any atom is -0.488 e. The highest BCUT2D eigenvalue weighted by atomic mass is 16.5. The number of amides is 1. The molecule has 0 saturated heterocycles. The summed E-state index contributed by atoms with van der Waals surface area (Å²) in [4.78, 5) is 14.7. The third-order valence-corrected chi connectivity index (χ3v) is 5.48. The summed E-state index contributed by atoms with van der Waals surface area (Å²) in [6, 6.07) is 12.6. The second-order valence-electron chi connectivity index (χ2n) is 8.27. The van der Waals surface area contributed by atoms with E-state index in [1.54, 1.807) is 4.68 Å². The molecule has 0 fully saturated rings. The van der Waals surface area contributed by atoms with Crippen LogP contribution in [0.5, 0.6) is 5.75 Å². The van der Waals surface area contributed by atoms with Crippen molar-refractivity contribution in [1.82, 2.24) is 14.7 Å². The molecule has 0 spiro atoms. The van der Waals surface area contributed by atoms with Gasteiger partial charge in [0.15, 0.2) is 0 Å². The average molecular weight is 420 g/mol. The molecule has 5 nitrogen and oxygen atoms in total. The lowest BCUT2D eigenvalue weighted by Crippen LogP contribution is -2.30. The summed E-state index contributed by atoms with van der Waals surface area (Å²) in [5.74, 6) is 1.10. The van der Waals surface area contributed by atoms with Gasteiger partial charge in [-0.1, -0.05) is 42.0 Å². The van der Waals surface area contributed by atoms with Crippen molar-refractivity contribution >= 4 is 5.91 Å². The number of hydrogen-bond donors (Lipinski definition) is 0. The second kappa shape index (κ2) is 10.3. The van der Waals surface area contributed by atoms with Gasteiger partial charge in [0.25, 0.3) is 0 Å². The highest BCUT2D eigenvalue weighted by molar-refractivity contribution is 5.76. The molecule has 0 N–H and O–H groups in total. The number of aryl methyl sites for hydroxylation is 5. The van der Waals surface area contributed by atoms with E-state index in [-0.39, 0.29) is 5.91 Å². The summed E-state index contributed by atoms with van der Waals surface area (Å²) in [5, 5.41) is 4.17. The Bertz CT molecular complexity index is 1020. The van der Waals surface area contributed by atoms with Crippen LogP contribution < -0.4 is 4.74 Å². The molecule has 5 heteroatoms. The van der Waals surface area contributed by atoms with Gasteiger partial charge in [0.1, 0.15) is 12.4 Å². The standard InChI is InChI=1S/C26H33N3O2/c1-6-29(25(30)11-10-23-15-27-28(5)16-23)17-24-13-20(3)26(21(4)14-24)31-18-22-9-7-8-19(2)12-22/h7-9,12-16H,6,10-11,17-18H2,1-5H3. The van der Waals surface area contributed by atoms with Crippen LogP contribution in [0.2, 0.25) is 0 Å². The third-order valence-electron chi connectivity index (χ3n) is 5.48. The number of hydrogen-bond acceptors (Lipinski definition) is 3. The topological polar surface area (TPSA) is 47.4 Å². The van der Waals surface area contributed by atoms with E-state index in [1.807, 2.05) is 31.3 Å². The van der Waals surface area contributed by atoms with Gasteiger partial charge in [0.05, 0.1) is 6.20 Å². The van der Waals surface area contributed by atoms with E-state index in [2.05, 4.69) is 62.3 Å². The van der Waals surface area contributed by atoms with Crippen LogP contribution in [0, 0.1) is 20.8 Å².